The maximum absolute atomic E-state index is 5.12. The first-order valence-corrected chi connectivity index (χ1v) is 6.01. The molecule has 0 spiro atoms. The second-order valence-electron chi connectivity index (χ2n) is 3.59. The summed E-state index contributed by atoms with van der Waals surface area (Å²) in [5.74, 6) is 0.894. The Kier molecular flexibility index (Phi) is 5.28. The molecule has 1 nitrogen and oxygen atoms in total. The Bertz CT molecular complexity index is 426. The van der Waals surface area contributed by atoms with E-state index in [2.05, 4.69) is 43.3 Å². The molecule has 0 fully saturated rings. The van der Waals surface area contributed by atoms with Crippen molar-refractivity contribution in [1.82, 2.24) is 0 Å². The van der Waals surface area contributed by atoms with Crippen LogP contribution in [0.3, 0.4) is 0 Å². The Morgan fingerprint density at radius 3 is 1.53 bits per heavy atom. The Hall–Kier alpha value is -1.76. The zero-order valence-electron chi connectivity index (χ0n) is 11.0. The van der Waals surface area contributed by atoms with Gasteiger partial charge in [0.05, 0.1) is 7.11 Å². The van der Waals surface area contributed by atoms with Crippen LogP contribution >= 0.6 is 0 Å². The zero-order chi connectivity index (χ0) is 12.7. The molecule has 2 aromatic carbocycles. The van der Waals surface area contributed by atoms with E-state index in [-0.39, 0.29) is 0 Å². The molecule has 0 bridgehead atoms. The molecule has 90 valence electrons. The van der Waals surface area contributed by atoms with Gasteiger partial charge in [0.15, 0.2) is 0 Å². The predicted molar refractivity (Wildman–Crippen MR) is 74.5 cm³/mol. The van der Waals surface area contributed by atoms with E-state index in [1.54, 1.807) is 7.11 Å². The highest BCUT2D eigenvalue weighted by Crippen LogP contribution is 2.22. The largest absolute Gasteiger partial charge is 0.497 e. The fourth-order valence-electron chi connectivity index (χ4n) is 1.53. The van der Waals surface area contributed by atoms with E-state index >= 15 is 0 Å². The second kappa shape index (κ2) is 6.74. The molecular formula is C16H20O. The highest BCUT2D eigenvalue weighted by Gasteiger charge is 1.97. The van der Waals surface area contributed by atoms with E-state index in [0.717, 1.165) is 5.75 Å². The minimum atomic E-state index is 0.894. The Morgan fingerprint density at radius 1 is 0.706 bits per heavy atom. The molecule has 0 saturated carbocycles. The first-order chi connectivity index (χ1) is 8.29. The molecule has 2 rings (SSSR count). The van der Waals surface area contributed by atoms with Crippen molar-refractivity contribution in [3.05, 3.63) is 54.1 Å². The number of benzene rings is 2. The maximum Gasteiger partial charge on any atom is 0.118 e. The normalized spacial score (nSPS) is 9.18. The standard InChI is InChI=1S/C14H14O.C2H6/c1-11-3-5-12(6-4-11)13-7-9-14(15-2)10-8-13;1-2/h3-10H,1-2H3;1-2H3. The van der Waals surface area contributed by atoms with Crippen molar-refractivity contribution in [2.24, 2.45) is 0 Å². The lowest BCUT2D eigenvalue weighted by Gasteiger charge is -2.03. The van der Waals surface area contributed by atoms with Crippen LogP contribution in [0.1, 0.15) is 19.4 Å². The molecule has 1 heteroatoms. The minimum absolute atomic E-state index is 0.894. The summed E-state index contributed by atoms with van der Waals surface area (Å²) in [4.78, 5) is 0. The SMILES string of the molecule is CC.COc1ccc(-c2ccc(C)cc2)cc1. The van der Waals surface area contributed by atoms with Crippen molar-refractivity contribution in [2.45, 2.75) is 20.8 Å². The number of rotatable bonds is 2. The molecular weight excluding hydrogens is 208 g/mol. The van der Waals surface area contributed by atoms with Crippen LogP contribution in [0, 0.1) is 6.92 Å². The van der Waals surface area contributed by atoms with Gasteiger partial charge in [0, 0.05) is 0 Å². The molecule has 0 radical (unpaired) electrons. The molecule has 0 heterocycles. The molecule has 0 aliphatic carbocycles. The van der Waals surface area contributed by atoms with Gasteiger partial charge in [0.25, 0.3) is 0 Å². The molecule has 0 saturated heterocycles. The third kappa shape index (κ3) is 3.63. The maximum atomic E-state index is 5.12. The topological polar surface area (TPSA) is 9.23 Å². The van der Waals surface area contributed by atoms with Gasteiger partial charge in [-0.1, -0.05) is 55.8 Å². The molecule has 17 heavy (non-hydrogen) atoms. The van der Waals surface area contributed by atoms with Crippen LogP contribution in [0.25, 0.3) is 11.1 Å². The van der Waals surface area contributed by atoms with Crippen molar-refractivity contribution in [3.63, 3.8) is 0 Å². The number of methoxy groups -OCH3 is 1. The van der Waals surface area contributed by atoms with Crippen molar-refractivity contribution >= 4 is 0 Å². The fraction of sp³-hybridized carbons (Fsp3) is 0.250. The van der Waals surface area contributed by atoms with Crippen molar-refractivity contribution in [2.75, 3.05) is 7.11 Å². The van der Waals surface area contributed by atoms with Gasteiger partial charge in [-0.05, 0) is 30.2 Å². The van der Waals surface area contributed by atoms with Gasteiger partial charge in [-0.25, -0.2) is 0 Å². The average Bonchev–Trinajstić information content (AvgIpc) is 2.42. The Morgan fingerprint density at radius 2 is 1.12 bits per heavy atom. The van der Waals surface area contributed by atoms with Crippen molar-refractivity contribution in [3.8, 4) is 16.9 Å². The smallest absolute Gasteiger partial charge is 0.118 e. The lowest BCUT2D eigenvalue weighted by atomic mass is 10.0. The summed E-state index contributed by atoms with van der Waals surface area (Å²) in [7, 11) is 1.68. The van der Waals surface area contributed by atoms with Crippen LogP contribution in [-0.2, 0) is 0 Å². The van der Waals surface area contributed by atoms with Gasteiger partial charge in [0.2, 0.25) is 0 Å². The number of aryl methyl sites for hydroxylation is 1. The Balaban J connectivity index is 0.000000686. The third-order valence-electron chi connectivity index (χ3n) is 2.47. The first kappa shape index (κ1) is 13.3. The summed E-state index contributed by atoms with van der Waals surface area (Å²) in [5.41, 5.74) is 3.74. The highest BCUT2D eigenvalue weighted by atomic mass is 16.5. The van der Waals surface area contributed by atoms with Gasteiger partial charge >= 0.3 is 0 Å². The lowest BCUT2D eigenvalue weighted by molar-refractivity contribution is 0.415. The summed E-state index contributed by atoms with van der Waals surface area (Å²) in [6, 6.07) is 16.6. The molecule has 0 aliphatic rings. The zero-order valence-corrected chi connectivity index (χ0v) is 11.0. The predicted octanol–water partition coefficient (Wildman–Crippen LogP) is 4.70. The highest BCUT2D eigenvalue weighted by molar-refractivity contribution is 5.64. The van der Waals surface area contributed by atoms with Gasteiger partial charge in [-0.15, -0.1) is 0 Å². The van der Waals surface area contributed by atoms with Gasteiger partial charge in [0.1, 0.15) is 5.75 Å². The lowest BCUT2D eigenvalue weighted by Crippen LogP contribution is -1.82. The monoisotopic (exact) mass is 228 g/mol. The molecule has 0 amide bonds. The van der Waals surface area contributed by atoms with E-state index in [1.807, 2.05) is 26.0 Å². The van der Waals surface area contributed by atoms with E-state index < -0.39 is 0 Å². The van der Waals surface area contributed by atoms with Crippen molar-refractivity contribution < 1.29 is 4.74 Å². The van der Waals surface area contributed by atoms with Gasteiger partial charge < -0.3 is 4.74 Å². The summed E-state index contributed by atoms with van der Waals surface area (Å²) in [5, 5.41) is 0. The fourth-order valence-corrected chi connectivity index (χ4v) is 1.53. The van der Waals surface area contributed by atoms with Gasteiger partial charge in [-0.2, -0.15) is 0 Å². The van der Waals surface area contributed by atoms with Crippen molar-refractivity contribution in [1.29, 1.82) is 0 Å². The summed E-state index contributed by atoms with van der Waals surface area (Å²) >= 11 is 0. The molecule has 0 aromatic heterocycles. The van der Waals surface area contributed by atoms with Crippen LogP contribution in [0.15, 0.2) is 48.5 Å². The van der Waals surface area contributed by atoms with Crippen LogP contribution in [-0.4, -0.2) is 7.11 Å². The van der Waals surface area contributed by atoms with Crippen LogP contribution < -0.4 is 4.74 Å². The number of ether oxygens (including phenoxy) is 1. The number of hydrogen-bond donors (Lipinski definition) is 0. The number of hydrogen-bond acceptors (Lipinski definition) is 1. The second-order valence-corrected chi connectivity index (χ2v) is 3.59. The van der Waals surface area contributed by atoms with Crippen LogP contribution in [0.2, 0.25) is 0 Å². The first-order valence-electron chi connectivity index (χ1n) is 6.01. The average molecular weight is 228 g/mol. The van der Waals surface area contributed by atoms with E-state index in [4.69, 9.17) is 4.74 Å². The van der Waals surface area contributed by atoms with E-state index in [9.17, 15) is 0 Å². The molecule has 0 unspecified atom stereocenters. The quantitative estimate of drug-likeness (QED) is 0.724. The summed E-state index contributed by atoms with van der Waals surface area (Å²) in [6.45, 7) is 6.10. The van der Waals surface area contributed by atoms with E-state index in [1.165, 1.54) is 16.7 Å². The molecule has 0 aliphatic heterocycles. The molecule has 2 aromatic rings. The molecule has 0 atom stereocenters. The summed E-state index contributed by atoms with van der Waals surface area (Å²) < 4.78 is 5.12. The van der Waals surface area contributed by atoms with Crippen LogP contribution in [0.4, 0.5) is 0 Å². The van der Waals surface area contributed by atoms with Gasteiger partial charge in [-0.3, -0.25) is 0 Å². The van der Waals surface area contributed by atoms with E-state index in [0.29, 0.717) is 0 Å². The molecule has 0 N–H and O–H groups in total. The Labute approximate surface area is 104 Å². The van der Waals surface area contributed by atoms with Crippen LogP contribution in [0.5, 0.6) is 5.75 Å². The minimum Gasteiger partial charge on any atom is -0.497 e. The summed E-state index contributed by atoms with van der Waals surface area (Å²) in [6.07, 6.45) is 0. The third-order valence-corrected chi connectivity index (χ3v) is 2.47.